The maximum Gasteiger partial charge on any atom is 0.323 e. The molecule has 1 unspecified atom stereocenters. The van der Waals surface area contributed by atoms with E-state index >= 15 is 0 Å². The molecule has 5 heteroatoms. The van der Waals surface area contributed by atoms with Crippen LogP contribution in [0.15, 0.2) is 18.2 Å². The third kappa shape index (κ3) is 3.07. The van der Waals surface area contributed by atoms with E-state index in [1.165, 1.54) is 12.1 Å². The molecule has 1 fully saturated rings. The van der Waals surface area contributed by atoms with Crippen LogP contribution in [0.4, 0.5) is 4.39 Å². The first-order valence-corrected chi connectivity index (χ1v) is 6.73. The van der Waals surface area contributed by atoms with Crippen molar-refractivity contribution in [1.82, 2.24) is 4.90 Å². The van der Waals surface area contributed by atoms with Crippen LogP contribution in [0.2, 0.25) is 5.02 Å². The van der Waals surface area contributed by atoms with E-state index in [2.05, 4.69) is 0 Å². The Morgan fingerprint density at radius 2 is 2.21 bits per heavy atom. The molecule has 3 nitrogen and oxygen atoms in total. The van der Waals surface area contributed by atoms with Crippen molar-refractivity contribution in [2.24, 2.45) is 0 Å². The number of carbonyl (C=O) groups is 1. The highest BCUT2D eigenvalue weighted by molar-refractivity contribution is 6.30. The Balaban J connectivity index is 2.22. The van der Waals surface area contributed by atoms with Gasteiger partial charge < -0.3 is 5.11 Å². The number of nitrogens with zero attached hydrogens (tertiary/aromatic N) is 1. The Morgan fingerprint density at radius 3 is 2.84 bits per heavy atom. The molecule has 1 aromatic rings. The fourth-order valence-corrected chi connectivity index (χ4v) is 2.84. The van der Waals surface area contributed by atoms with Crippen molar-refractivity contribution in [3.63, 3.8) is 0 Å². The molecule has 1 atom stereocenters. The van der Waals surface area contributed by atoms with Gasteiger partial charge in [-0.1, -0.05) is 11.6 Å². The van der Waals surface area contributed by atoms with Gasteiger partial charge in [-0.15, -0.1) is 0 Å². The van der Waals surface area contributed by atoms with Crippen molar-refractivity contribution >= 4 is 17.6 Å². The van der Waals surface area contributed by atoms with Gasteiger partial charge in [0.2, 0.25) is 0 Å². The summed E-state index contributed by atoms with van der Waals surface area (Å²) in [6, 6.07) is 4.34. The van der Waals surface area contributed by atoms with Crippen molar-refractivity contribution in [3.05, 3.63) is 34.6 Å². The third-order valence-electron chi connectivity index (χ3n) is 3.80. The highest BCUT2D eigenvalue weighted by Gasteiger charge is 2.41. The SMILES string of the molecule is CC1(C(=O)O)CCCCN1Cc1cc(F)cc(Cl)c1. The summed E-state index contributed by atoms with van der Waals surface area (Å²) in [7, 11) is 0. The molecule has 1 N–H and O–H groups in total. The number of likely N-dealkylation sites (tertiary alicyclic amines) is 1. The Hall–Kier alpha value is -1.13. The van der Waals surface area contributed by atoms with Crippen molar-refractivity contribution in [2.75, 3.05) is 6.54 Å². The molecule has 0 aliphatic carbocycles. The number of hydrogen-bond donors (Lipinski definition) is 1. The van der Waals surface area contributed by atoms with E-state index in [4.69, 9.17) is 11.6 Å². The maximum atomic E-state index is 13.3. The van der Waals surface area contributed by atoms with Gasteiger partial charge in [0.25, 0.3) is 0 Å². The number of halogens is 2. The zero-order chi connectivity index (χ0) is 14.0. The quantitative estimate of drug-likeness (QED) is 0.926. The van der Waals surface area contributed by atoms with Gasteiger partial charge in [-0.25, -0.2) is 4.39 Å². The summed E-state index contributed by atoms with van der Waals surface area (Å²) >= 11 is 5.83. The Morgan fingerprint density at radius 1 is 1.47 bits per heavy atom. The van der Waals surface area contributed by atoms with Gasteiger partial charge in [0.15, 0.2) is 0 Å². The predicted octanol–water partition coefficient (Wildman–Crippen LogP) is 3.31. The molecule has 0 bridgehead atoms. The van der Waals surface area contributed by atoms with Gasteiger partial charge in [-0.2, -0.15) is 0 Å². The molecular formula is C14H17ClFNO2. The lowest BCUT2D eigenvalue weighted by Crippen LogP contribution is -2.54. The van der Waals surface area contributed by atoms with Crippen LogP contribution < -0.4 is 0 Å². The van der Waals surface area contributed by atoms with Crippen LogP contribution in [0, 0.1) is 5.82 Å². The Kier molecular flexibility index (Phi) is 4.11. The summed E-state index contributed by atoms with van der Waals surface area (Å²) in [4.78, 5) is 13.4. The van der Waals surface area contributed by atoms with E-state index in [1.807, 2.05) is 4.90 Å². The second-order valence-electron chi connectivity index (χ2n) is 5.24. The monoisotopic (exact) mass is 285 g/mol. The third-order valence-corrected chi connectivity index (χ3v) is 4.01. The van der Waals surface area contributed by atoms with Crippen LogP contribution in [0.3, 0.4) is 0 Å². The van der Waals surface area contributed by atoms with E-state index in [-0.39, 0.29) is 0 Å². The van der Waals surface area contributed by atoms with Gasteiger partial charge in [-0.3, -0.25) is 9.69 Å². The van der Waals surface area contributed by atoms with E-state index in [0.29, 0.717) is 30.1 Å². The molecule has 0 aromatic heterocycles. The Bertz CT molecular complexity index is 474. The van der Waals surface area contributed by atoms with Crippen molar-refractivity contribution in [3.8, 4) is 0 Å². The van der Waals surface area contributed by atoms with E-state index in [1.54, 1.807) is 13.0 Å². The lowest BCUT2D eigenvalue weighted by atomic mass is 9.88. The molecule has 0 saturated carbocycles. The van der Waals surface area contributed by atoms with Gasteiger partial charge in [0.05, 0.1) is 0 Å². The van der Waals surface area contributed by atoms with Gasteiger partial charge in [0.1, 0.15) is 11.4 Å². The molecular weight excluding hydrogens is 269 g/mol. The Labute approximate surface area is 117 Å². The number of rotatable bonds is 3. The van der Waals surface area contributed by atoms with E-state index < -0.39 is 17.3 Å². The van der Waals surface area contributed by atoms with Gasteiger partial charge in [-0.05, 0) is 56.5 Å². The number of aliphatic carboxylic acids is 1. The molecule has 0 radical (unpaired) electrons. The zero-order valence-corrected chi connectivity index (χ0v) is 11.6. The van der Waals surface area contributed by atoms with E-state index in [9.17, 15) is 14.3 Å². The molecule has 1 aromatic carbocycles. The minimum Gasteiger partial charge on any atom is -0.480 e. The lowest BCUT2D eigenvalue weighted by molar-refractivity contribution is -0.153. The zero-order valence-electron chi connectivity index (χ0n) is 10.8. The van der Waals surface area contributed by atoms with Crippen molar-refractivity contribution < 1.29 is 14.3 Å². The standard InChI is InChI=1S/C14H17ClFNO2/c1-14(13(18)19)4-2-3-5-17(14)9-10-6-11(15)8-12(16)7-10/h6-8H,2-5,9H2,1H3,(H,18,19). The maximum absolute atomic E-state index is 13.3. The van der Waals surface area contributed by atoms with Crippen LogP contribution >= 0.6 is 11.6 Å². The summed E-state index contributed by atoms with van der Waals surface area (Å²) in [5.41, 5.74) is -0.170. The molecule has 0 amide bonds. The number of carboxylic acids is 1. The second kappa shape index (κ2) is 5.47. The summed E-state index contributed by atoms with van der Waals surface area (Å²) in [6.07, 6.45) is 2.49. The molecule has 1 saturated heterocycles. The fraction of sp³-hybridized carbons (Fsp3) is 0.500. The summed E-state index contributed by atoms with van der Waals surface area (Å²) < 4.78 is 13.3. The first-order valence-electron chi connectivity index (χ1n) is 6.35. The van der Waals surface area contributed by atoms with Crippen LogP contribution in [0.1, 0.15) is 31.7 Å². The van der Waals surface area contributed by atoms with Crippen LogP contribution in [0.5, 0.6) is 0 Å². The largest absolute Gasteiger partial charge is 0.480 e. The van der Waals surface area contributed by atoms with Crippen LogP contribution in [-0.2, 0) is 11.3 Å². The molecule has 0 spiro atoms. The molecule has 19 heavy (non-hydrogen) atoms. The van der Waals surface area contributed by atoms with E-state index in [0.717, 1.165) is 12.8 Å². The average molecular weight is 286 g/mol. The lowest BCUT2D eigenvalue weighted by Gasteiger charge is -2.41. The van der Waals surface area contributed by atoms with Crippen LogP contribution in [-0.4, -0.2) is 28.1 Å². The molecule has 2 rings (SSSR count). The first-order chi connectivity index (χ1) is 8.91. The summed E-state index contributed by atoms with van der Waals surface area (Å²) in [5.74, 6) is -1.22. The minimum atomic E-state index is -0.878. The summed E-state index contributed by atoms with van der Waals surface area (Å²) in [5, 5.41) is 9.75. The highest BCUT2D eigenvalue weighted by atomic mass is 35.5. The smallest absolute Gasteiger partial charge is 0.323 e. The number of carboxylic acid groups (broad SMARTS) is 1. The van der Waals surface area contributed by atoms with Crippen molar-refractivity contribution in [2.45, 2.75) is 38.3 Å². The summed E-state index contributed by atoms with van der Waals surface area (Å²) in [6.45, 7) is 2.84. The predicted molar refractivity (Wildman–Crippen MR) is 71.7 cm³/mol. The van der Waals surface area contributed by atoms with Gasteiger partial charge >= 0.3 is 5.97 Å². The highest BCUT2D eigenvalue weighted by Crippen LogP contribution is 2.30. The number of benzene rings is 1. The van der Waals surface area contributed by atoms with Crippen molar-refractivity contribution in [1.29, 1.82) is 0 Å². The fourth-order valence-electron chi connectivity index (χ4n) is 2.60. The normalized spacial score (nSPS) is 24.4. The van der Waals surface area contributed by atoms with Gasteiger partial charge in [0, 0.05) is 11.6 Å². The molecule has 1 heterocycles. The molecule has 104 valence electrons. The molecule has 1 aliphatic rings. The molecule has 1 aliphatic heterocycles. The van der Waals surface area contributed by atoms with Crippen LogP contribution in [0.25, 0.3) is 0 Å². The number of hydrogen-bond acceptors (Lipinski definition) is 2. The first kappa shape index (κ1) is 14.3. The number of piperidine rings is 1. The minimum absolute atomic E-state index is 0.337. The second-order valence-corrected chi connectivity index (χ2v) is 5.67. The average Bonchev–Trinajstić information content (AvgIpc) is 2.30. The topological polar surface area (TPSA) is 40.5 Å².